The van der Waals surface area contributed by atoms with Gasteiger partial charge in [0.25, 0.3) is 0 Å². The first-order valence-corrected chi connectivity index (χ1v) is 3.63. The van der Waals surface area contributed by atoms with Crippen molar-refractivity contribution in [3.63, 3.8) is 0 Å². The molecule has 1 fully saturated rings. The zero-order valence-electron chi connectivity index (χ0n) is 6.32. The highest BCUT2D eigenvalue weighted by atomic mass is 16.6. The maximum absolute atomic E-state index is 9.28. The molecule has 0 amide bonds. The first kappa shape index (κ1) is 7.98. The number of hydrogen-bond donors (Lipinski definition) is 2. The number of aliphatic hydroxyl groups is 2. The van der Waals surface area contributed by atoms with Crippen LogP contribution in [0.2, 0.25) is 0 Å². The predicted octanol–water partition coefficient (Wildman–Crippen LogP) is 0.111. The Morgan fingerprint density at radius 1 is 1.30 bits per heavy atom. The van der Waals surface area contributed by atoms with Crippen molar-refractivity contribution in [3.8, 4) is 0 Å². The molecule has 4 atom stereocenters. The molecule has 0 spiro atoms. The molecule has 0 aromatic heterocycles. The minimum absolute atomic E-state index is 0.0428. The fraction of sp³-hybridized carbons (Fsp3) is 1.00. The summed E-state index contributed by atoms with van der Waals surface area (Å²) in [5.41, 5.74) is 0. The topological polar surface area (TPSA) is 49.7 Å². The molecule has 3 heteroatoms. The van der Waals surface area contributed by atoms with Crippen LogP contribution in [0.25, 0.3) is 0 Å². The fourth-order valence-electron chi connectivity index (χ4n) is 1.16. The van der Waals surface area contributed by atoms with Gasteiger partial charge in [0.2, 0.25) is 0 Å². The van der Waals surface area contributed by atoms with Crippen LogP contribution in [0.1, 0.15) is 20.3 Å². The molecule has 2 N–H and O–H groups in total. The van der Waals surface area contributed by atoms with E-state index in [9.17, 15) is 5.11 Å². The summed E-state index contributed by atoms with van der Waals surface area (Å²) in [5, 5.41) is 18.3. The van der Waals surface area contributed by atoms with E-state index in [1.54, 1.807) is 0 Å². The van der Waals surface area contributed by atoms with Gasteiger partial charge in [-0.25, -0.2) is 0 Å². The van der Waals surface area contributed by atoms with E-state index in [1.165, 1.54) is 0 Å². The monoisotopic (exact) mass is 146 g/mol. The lowest BCUT2D eigenvalue weighted by molar-refractivity contribution is -0.205. The van der Waals surface area contributed by atoms with E-state index in [4.69, 9.17) is 9.84 Å². The summed E-state index contributed by atoms with van der Waals surface area (Å²) in [5.74, 6) is 0.128. The van der Waals surface area contributed by atoms with Crippen molar-refractivity contribution < 1.29 is 14.9 Å². The number of rotatable bonds is 0. The molecule has 1 saturated heterocycles. The molecule has 60 valence electrons. The van der Waals surface area contributed by atoms with Gasteiger partial charge in [-0.2, -0.15) is 0 Å². The molecule has 0 aromatic carbocycles. The van der Waals surface area contributed by atoms with Crippen LogP contribution in [0, 0.1) is 5.92 Å². The summed E-state index contributed by atoms with van der Waals surface area (Å²) >= 11 is 0. The molecule has 3 nitrogen and oxygen atoms in total. The summed E-state index contributed by atoms with van der Waals surface area (Å²) in [7, 11) is 0. The van der Waals surface area contributed by atoms with Gasteiger partial charge in [-0.05, 0) is 6.92 Å². The van der Waals surface area contributed by atoms with Gasteiger partial charge in [0.1, 0.15) is 0 Å². The van der Waals surface area contributed by atoms with Gasteiger partial charge in [0, 0.05) is 12.3 Å². The molecule has 0 saturated carbocycles. The average molecular weight is 146 g/mol. The molecule has 0 aliphatic carbocycles. The summed E-state index contributed by atoms with van der Waals surface area (Å²) < 4.78 is 5.06. The SMILES string of the molecule is C[C@H]1[C@H](O)CC(O)O[C@@H]1C. The van der Waals surface area contributed by atoms with Gasteiger partial charge in [0.15, 0.2) is 6.29 Å². The Morgan fingerprint density at radius 3 is 2.40 bits per heavy atom. The normalized spacial score (nSPS) is 49.2. The summed E-state index contributed by atoms with van der Waals surface area (Å²) in [6.45, 7) is 3.78. The van der Waals surface area contributed by atoms with Gasteiger partial charge in [-0.1, -0.05) is 6.92 Å². The Labute approximate surface area is 60.6 Å². The molecule has 1 aliphatic rings. The third-order valence-corrected chi connectivity index (χ3v) is 2.16. The second-order valence-corrected chi connectivity index (χ2v) is 2.96. The van der Waals surface area contributed by atoms with Gasteiger partial charge >= 0.3 is 0 Å². The smallest absolute Gasteiger partial charge is 0.157 e. The maximum Gasteiger partial charge on any atom is 0.157 e. The lowest BCUT2D eigenvalue weighted by Crippen LogP contribution is -2.41. The molecule has 1 unspecified atom stereocenters. The lowest BCUT2D eigenvalue weighted by atomic mass is 9.94. The standard InChI is InChI=1S/C7H14O3/c1-4-5(2)10-7(9)3-6(4)8/h4-9H,3H2,1-2H3/t4-,5-,6-,7?/m1/s1. The Bertz CT molecular complexity index is 103. The summed E-state index contributed by atoms with van der Waals surface area (Å²) in [4.78, 5) is 0. The highest BCUT2D eigenvalue weighted by Crippen LogP contribution is 2.23. The second-order valence-electron chi connectivity index (χ2n) is 2.96. The van der Waals surface area contributed by atoms with E-state index in [2.05, 4.69) is 0 Å². The Balaban J connectivity index is 2.49. The van der Waals surface area contributed by atoms with Gasteiger partial charge in [-0.3, -0.25) is 0 Å². The van der Waals surface area contributed by atoms with Crippen LogP contribution < -0.4 is 0 Å². The quantitative estimate of drug-likeness (QED) is 0.510. The van der Waals surface area contributed by atoms with Gasteiger partial charge in [0.05, 0.1) is 12.2 Å². The molecule has 0 bridgehead atoms. The van der Waals surface area contributed by atoms with E-state index in [0.717, 1.165) is 0 Å². The van der Waals surface area contributed by atoms with Crippen molar-refractivity contribution >= 4 is 0 Å². The van der Waals surface area contributed by atoms with E-state index < -0.39 is 12.4 Å². The minimum atomic E-state index is -0.777. The Hall–Kier alpha value is -0.120. The summed E-state index contributed by atoms with van der Waals surface area (Å²) in [6.07, 6.45) is -0.899. The maximum atomic E-state index is 9.28. The van der Waals surface area contributed by atoms with E-state index in [-0.39, 0.29) is 12.0 Å². The number of ether oxygens (including phenoxy) is 1. The second kappa shape index (κ2) is 2.86. The molecular weight excluding hydrogens is 132 g/mol. The van der Waals surface area contributed by atoms with Crippen LogP contribution >= 0.6 is 0 Å². The van der Waals surface area contributed by atoms with E-state index in [1.807, 2.05) is 13.8 Å². The van der Waals surface area contributed by atoms with Crippen molar-refractivity contribution in [2.75, 3.05) is 0 Å². The van der Waals surface area contributed by atoms with Gasteiger partial charge in [-0.15, -0.1) is 0 Å². The average Bonchev–Trinajstić information content (AvgIpc) is 1.82. The van der Waals surface area contributed by atoms with Crippen molar-refractivity contribution in [1.82, 2.24) is 0 Å². The van der Waals surface area contributed by atoms with Crippen LogP contribution in [-0.2, 0) is 4.74 Å². The van der Waals surface area contributed by atoms with Crippen molar-refractivity contribution in [2.45, 2.75) is 38.8 Å². The molecule has 10 heavy (non-hydrogen) atoms. The Kier molecular flexibility index (Phi) is 2.28. The van der Waals surface area contributed by atoms with Crippen LogP contribution in [-0.4, -0.2) is 28.7 Å². The highest BCUT2D eigenvalue weighted by molar-refractivity contribution is 4.76. The third-order valence-electron chi connectivity index (χ3n) is 2.16. The summed E-state index contributed by atoms with van der Waals surface area (Å²) in [6, 6.07) is 0. The first-order valence-electron chi connectivity index (χ1n) is 3.63. The van der Waals surface area contributed by atoms with Crippen LogP contribution in [0.3, 0.4) is 0 Å². The fourth-order valence-corrected chi connectivity index (χ4v) is 1.16. The largest absolute Gasteiger partial charge is 0.393 e. The Morgan fingerprint density at radius 2 is 1.90 bits per heavy atom. The molecule has 1 rings (SSSR count). The molecule has 0 aromatic rings. The van der Waals surface area contributed by atoms with E-state index >= 15 is 0 Å². The molecule has 1 heterocycles. The first-order chi connectivity index (χ1) is 4.61. The highest BCUT2D eigenvalue weighted by Gasteiger charge is 2.30. The third kappa shape index (κ3) is 1.48. The molecule has 1 aliphatic heterocycles. The van der Waals surface area contributed by atoms with Crippen LogP contribution in [0.15, 0.2) is 0 Å². The van der Waals surface area contributed by atoms with Gasteiger partial charge < -0.3 is 14.9 Å². The number of aliphatic hydroxyl groups excluding tert-OH is 2. The predicted molar refractivity (Wildman–Crippen MR) is 36.3 cm³/mol. The lowest BCUT2D eigenvalue weighted by Gasteiger charge is -2.33. The van der Waals surface area contributed by atoms with Crippen molar-refractivity contribution in [2.24, 2.45) is 5.92 Å². The van der Waals surface area contributed by atoms with Crippen LogP contribution in [0.4, 0.5) is 0 Å². The van der Waals surface area contributed by atoms with E-state index in [0.29, 0.717) is 6.42 Å². The zero-order valence-corrected chi connectivity index (χ0v) is 6.32. The van der Waals surface area contributed by atoms with Crippen molar-refractivity contribution in [3.05, 3.63) is 0 Å². The van der Waals surface area contributed by atoms with Crippen molar-refractivity contribution in [1.29, 1.82) is 0 Å². The number of hydrogen-bond acceptors (Lipinski definition) is 3. The minimum Gasteiger partial charge on any atom is -0.393 e. The van der Waals surface area contributed by atoms with Crippen LogP contribution in [0.5, 0.6) is 0 Å². The molecular formula is C7H14O3. The zero-order chi connectivity index (χ0) is 7.72. The molecule has 0 radical (unpaired) electrons.